The SMILES string of the molecule is [CH3-].[Y].[c-]1c2ccccc2cc2ccccc12. The first kappa shape index (κ1) is 13.3. The van der Waals surface area contributed by atoms with Crippen molar-refractivity contribution in [3.05, 3.63) is 68.1 Å². The van der Waals surface area contributed by atoms with Gasteiger partial charge >= 0.3 is 0 Å². The Morgan fingerprint density at radius 3 is 1.62 bits per heavy atom. The fraction of sp³-hybridized carbons (Fsp3) is 0. The van der Waals surface area contributed by atoms with E-state index in [9.17, 15) is 0 Å². The Hall–Kier alpha value is -0.716. The third-order valence-electron chi connectivity index (χ3n) is 2.50. The molecule has 0 amide bonds. The number of rotatable bonds is 0. The maximum atomic E-state index is 3.41. The van der Waals surface area contributed by atoms with Crippen LogP contribution in [0.1, 0.15) is 0 Å². The Bertz CT molecular complexity index is 494. The summed E-state index contributed by atoms with van der Waals surface area (Å²) in [4.78, 5) is 0. The first-order chi connectivity index (χ1) is 6.93. The molecule has 0 atom stereocenters. The van der Waals surface area contributed by atoms with Gasteiger partial charge in [-0.2, -0.15) is 0 Å². The Morgan fingerprint density at radius 2 is 1.12 bits per heavy atom. The predicted octanol–water partition coefficient (Wildman–Crippen LogP) is 4.24. The Balaban J connectivity index is 0.000000640. The zero-order valence-corrected chi connectivity index (χ0v) is 12.1. The van der Waals surface area contributed by atoms with Gasteiger partial charge in [-0.15, -0.1) is 35.0 Å². The van der Waals surface area contributed by atoms with Crippen LogP contribution in [0.2, 0.25) is 0 Å². The minimum absolute atomic E-state index is 0. The first-order valence-electron chi connectivity index (χ1n) is 4.73. The molecule has 0 aliphatic heterocycles. The largest absolute Gasteiger partial charge is 0.358 e. The zero-order valence-electron chi connectivity index (χ0n) is 9.27. The molecule has 77 valence electrons. The van der Waals surface area contributed by atoms with Crippen LogP contribution < -0.4 is 0 Å². The molecule has 3 aromatic carbocycles. The van der Waals surface area contributed by atoms with Crippen LogP contribution in [-0.2, 0) is 32.7 Å². The number of benzene rings is 3. The summed E-state index contributed by atoms with van der Waals surface area (Å²) in [6, 6.07) is 22.3. The standard InChI is InChI=1S/C14H9.CH3.Y/c1-2-6-12-10-14-8-4-3-7-13(14)9-11(12)5-1;;/h1-9H;1H3;/q2*-1;. The van der Waals surface area contributed by atoms with Gasteiger partial charge in [-0.3, -0.25) is 0 Å². The van der Waals surface area contributed by atoms with Crippen molar-refractivity contribution in [1.29, 1.82) is 0 Å². The van der Waals surface area contributed by atoms with Crippen molar-refractivity contribution < 1.29 is 32.7 Å². The predicted molar refractivity (Wildman–Crippen MR) is 66.7 cm³/mol. The van der Waals surface area contributed by atoms with Gasteiger partial charge in [-0.05, 0) is 0 Å². The molecule has 16 heavy (non-hydrogen) atoms. The van der Waals surface area contributed by atoms with Gasteiger partial charge in [-0.1, -0.05) is 47.2 Å². The molecule has 0 bridgehead atoms. The molecule has 0 aliphatic rings. The van der Waals surface area contributed by atoms with Crippen LogP contribution in [0.25, 0.3) is 21.5 Å². The van der Waals surface area contributed by atoms with E-state index in [-0.39, 0.29) is 40.1 Å². The van der Waals surface area contributed by atoms with E-state index >= 15 is 0 Å². The first-order valence-corrected chi connectivity index (χ1v) is 4.73. The summed E-state index contributed by atoms with van der Waals surface area (Å²) < 4.78 is 0. The normalized spacial score (nSPS) is 9.50. The summed E-state index contributed by atoms with van der Waals surface area (Å²) in [7, 11) is 0. The number of hydrogen-bond donors (Lipinski definition) is 0. The van der Waals surface area contributed by atoms with E-state index in [1.165, 1.54) is 21.5 Å². The molecule has 0 aliphatic carbocycles. The van der Waals surface area contributed by atoms with Crippen molar-refractivity contribution in [3.63, 3.8) is 0 Å². The molecule has 0 unspecified atom stereocenters. The van der Waals surface area contributed by atoms with E-state index in [2.05, 4.69) is 48.5 Å². The second-order valence-corrected chi connectivity index (χ2v) is 3.44. The van der Waals surface area contributed by atoms with Crippen LogP contribution in [0.5, 0.6) is 0 Å². The van der Waals surface area contributed by atoms with Crippen LogP contribution in [0.3, 0.4) is 0 Å². The fourth-order valence-corrected chi connectivity index (χ4v) is 1.79. The van der Waals surface area contributed by atoms with Gasteiger partial charge < -0.3 is 7.43 Å². The topological polar surface area (TPSA) is 0 Å². The molecule has 1 heteroatoms. The van der Waals surface area contributed by atoms with Gasteiger partial charge in [0.05, 0.1) is 0 Å². The van der Waals surface area contributed by atoms with Crippen molar-refractivity contribution in [1.82, 2.24) is 0 Å². The summed E-state index contributed by atoms with van der Waals surface area (Å²) in [5, 5.41) is 4.88. The van der Waals surface area contributed by atoms with E-state index in [1.807, 2.05) is 12.1 Å². The second kappa shape index (κ2) is 5.56. The molecule has 0 saturated carbocycles. The van der Waals surface area contributed by atoms with Crippen molar-refractivity contribution in [2.24, 2.45) is 0 Å². The summed E-state index contributed by atoms with van der Waals surface area (Å²) in [6.07, 6.45) is 0. The maximum Gasteiger partial charge on any atom is 0 e. The minimum Gasteiger partial charge on any atom is -0.358 e. The summed E-state index contributed by atoms with van der Waals surface area (Å²) >= 11 is 0. The number of hydrogen-bond acceptors (Lipinski definition) is 0. The van der Waals surface area contributed by atoms with Crippen molar-refractivity contribution in [3.8, 4) is 0 Å². The summed E-state index contributed by atoms with van der Waals surface area (Å²) in [5.41, 5.74) is 0. The molecule has 3 aromatic rings. The Morgan fingerprint density at radius 1 is 0.688 bits per heavy atom. The Kier molecular flexibility index (Phi) is 4.64. The fourth-order valence-electron chi connectivity index (χ4n) is 1.79. The van der Waals surface area contributed by atoms with E-state index in [0.717, 1.165) is 0 Å². The van der Waals surface area contributed by atoms with Gasteiger partial charge in [0.25, 0.3) is 0 Å². The van der Waals surface area contributed by atoms with E-state index in [0.29, 0.717) is 0 Å². The molecule has 0 saturated heterocycles. The van der Waals surface area contributed by atoms with Crippen molar-refractivity contribution in [2.45, 2.75) is 0 Å². The third-order valence-corrected chi connectivity index (χ3v) is 2.50. The summed E-state index contributed by atoms with van der Waals surface area (Å²) in [5.74, 6) is 0. The molecule has 0 fully saturated rings. The van der Waals surface area contributed by atoms with Crippen molar-refractivity contribution >= 4 is 21.5 Å². The zero-order chi connectivity index (χ0) is 9.38. The van der Waals surface area contributed by atoms with Gasteiger partial charge in [-0.25, -0.2) is 0 Å². The average Bonchev–Trinajstić information content (AvgIpc) is 2.26. The molecular formula is C15H12Y-2. The molecule has 0 spiro atoms. The maximum absolute atomic E-state index is 3.41. The molecule has 0 N–H and O–H groups in total. The van der Waals surface area contributed by atoms with E-state index < -0.39 is 0 Å². The quantitative estimate of drug-likeness (QED) is 0.427. The van der Waals surface area contributed by atoms with Crippen molar-refractivity contribution in [2.75, 3.05) is 0 Å². The smallest absolute Gasteiger partial charge is 0 e. The van der Waals surface area contributed by atoms with Gasteiger partial charge in [0, 0.05) is 32.7 Å². The second-order valence-electron chi connectivity index (χ2n) is 3.44. The molecule has 1 radical (unpaired) electrons. The monoisotopic (exact) mass is 281 g/mol. The van der Waals surface area contributed by atoms with Crippen LogP contribution in [0, 0.1) is 13.5 Å². The van der Waals surface area contributed by atoms with Gasteiger partial charge in [0.2, 0.25) is 0 Å². The van der Waals surface area contributed by atoms with E-state index in [4.69, 9.17) is 0 Å². The number of fused-ring (bicyclic) bond motifs is 2. The minimum atomic E-state index is 0. The van der Waals surface area contributed by atoms with Crippen LogP contribution >= 0.6 is 0 Å². The molecule has 0 nitrogen and oxygen atoms in total. The third kappa shape index (κ3) is 2.34. The Labute approximate surface area is 122 Å². The van der Waals surface area contributed by atoms with Crippen LogP contribution in [0.4, 0.5) is 0 Å². The van der Waals surface area contributed by atoms with Gasteiger partial charge in [0.1, 0.15) is 0 Å². The molecule has 0 aromatic heterocycles. The van der Waals surface area contributed by atoms with Crippen LogP contribution in [-0.4, -0.2) is 0 Å². The molecule has 3 rings (SSSR count). The van der Waals surface area contributed by atoms with Crippen LogP contribution in [0.15, 0.2) is 54.6 Å². The average molecular weight is 281 g/mol. The van der Waals surface area contributed by atoms with E-state index in [1.54, 1.807) is 0 Å². The molecular weight excluding hydrogens is 269 g/mol. The van der Waals surface area contributed by atoms with Gasteiger partial charge in [0.15, 0.2) is 0 Å². The molecule has 0 heterocycles. The summed E-state index contributed by atoms with van der Waals surface area (Å²) in [6.45, 7) is 0.